The molecule has 3 nitrogen and oxygen atoms in total. The molecule has 1 rings (SSSR count). The van der Waals surface area contributed by atoms with Crippen LogP contribution in [0.25, 0.3) is 0 Å². The Hall–Kier alpha value is -0.770. The van der Waals surface area contributed by atoms with Crippen molar-refractivity contribution in [2.75, 3.05) is 13.1 Å². The van der Waals surface area contributed by atoms with Crippen molar-refractivity contribution in [1.82, 2.24) is 4.90 Å². The number of carboxylic acids is 1. The lowest BCUT2D eigenvalue weighted by molar-refractivity contribution is -0.138. The predicted octanol–water partition coefficient (Wildman–Crippen LogP) is 3.54. The second-order valence-electron chi connectivity index (χ2n) is 4.69. The minimum absolute atomic E-state index is 0.00101. The highest BCUT2D eigenvalue weighted by Crippen LogP contribution is 2.22. The first-order valence-electron chi connectivity index (χ1n) is 5.76. The van der Waals surface area contributed by atoms with E-state index in [0.717, 1.165) is 5.56 Å². The zero-order valence-corrected chi connectivity index (χ0v) is 12.0. The lowest BCUT2D eigenvalue weighted by Gasteiger charge is -2.23. The summed E-state index contributed by atoms with van der Waals surface area (Å²) in [4.78, 5) is 12.7. The Morgan fingerprint density at radius 1 is 1.39 bits per heavy atom. The van der Waals surface area contributed by atoms with E-state index in [0.29, 0.717) is 29.1 Å². The molecule has 0 atom stereocenters. The zero-order chi connectivity index (χ0) is 13.7. The van der Waals surface area contributed by atoms with Crippen LogP contribution in [0.5, 0.6) is 0 Å². The van der Waals surface area contributed by atoms with Crippen LogP contribution in [0.3, 0.4) is 0 Å². The molecule has 0 fully saturated rings. The number of carboxylic acid groups (broad SMARTS) is 1. The van der Waals surface area contributed by atoms with Crippen molar-refractivity contribution in [1.29, 1.82) is 0 Å². The van der Waals surface area contributed by atoms with E-state index in [4.69, 9.17) is 28.3 Å². The molecule has 1 N–H and O–H groups in total. The molecule has 0 aliphatic heterocycles. The first-order chi connectivity index (χ1) is 8.38. The topological polar surface area (TPSA) is 40.5 Å². The van der Waals surface area contributed by atoms with Gasteiger partial charge in [0.2, 0.25) is 0 Å². The Bertz CT molecular complexity index is 421. The molecule has 1 aromatic rings. The number of rotatable bonds is 6. The highest BCUT2D eigenvalue weighted by Gasteiger charge is 2.13. The van der Waals surface area contributed by atoms with Crippen molar-refractivity contribution in [2.24, 2.45) is 5.92 Å². The number of hydrogen-bond donors (Lipinski definition) is 1. The highest BCUT2D eigenvalue weighted by atomic mass is 35.5. The summed E-state index contributed by atoms with van der Waals surface area (Å²) in [5.74, 6) is -0.448. The number of halogens is 2. The van der Waals surface area contributed by atoms with Crippen molar-refractivity contribution in [3.8, 4) is 0 Å². The number of benzene rings is 1. The van der Waals surface area contributed by atoms with Gasteiger partial charge in [-0.2, -0.15) is 0 Å². The van der Waals surface area contributed by atoms with E-state index in [1.807, 2.05) is 4.90 Å². The number of carbonyl (C=O) groups is 1. The van der Waals surface area contributed by atoms with Crippen LogP contribution >= 0.6 is 23.2 Å². The molecule has 0 spiro atoms. The molecular formula is C13H17Cl2NO2. The van der Waals surface area contributed by atoms with Gasteiger partial charge in [-0.1, -0.05) is 37.0 Å². The van der Waals surface area contributed by atoms with Crippen molar-refractivity contribution in [3.05, 3.63) is 33.8 Å². The molecule has 0 saturated heterocycles. The molecule has 1 aromatic carbocycles. The maximum absolute atomic E-state index is 10.8. The third kappa shape index (κ3) is 5.25. The van der Waals surface area contributed by atoms with E-state index in [1.54, 1.807) is 18.2 Å². The Labute approximate surface area is 117 Å². The summed E-state index contributed by atoms with van der Waals surface area (Å²) in [6.07, 6.45) is 0. The number of nitrogens with zero attached hydrogens (tertiary/aromatic N) is 1. The van der Waals surface area contributed by atoms with Crippen molar-refractivity contribution in [3.63, 3.8) is 0 Å². The van der Waals surface area contributed by atoms with Crippen LogP contribution in [0.4, 0.5) is 0 Å². The Morgan fingerprint density at radius 3 is 2.61 bits per heavy atom. The van der Waals surface area contributed by atoms with Gasteiger partial charge in [0.25, 0.3) is 0 Å². The van der Waals surface area contributed by atoms with E-state index in [2.05, 4.69) is 13.8 Å². The summed E-state index contributed by atoms with van der Waals surface area (Å²) < 4.78 is 0. The first kappa shape index (κ1) is 15.3. The molecule has 0 saturated carbocycles. The van der Waals surface area contributed by atoms with Crippen LogP contribution in [-0.2, 0) is 11.3 Å². The average molecular weight is 290 g/mol. The minimum Gasteiger partial charge on any atom is -0.480 e. The summed E-state index contributed by atoms with van der Waals surface area (Å²) in [5, 5.41) is 10.1. The van der Waals surface area contributed by atoms with Gasteiger partial charge < -0.3 is 5.11 Å². The van der Waals surface area contributed by atoms with Crippen LogP contribution in [0, 0.1) is 5.92 Å². The van der Waals surface area contributed by atoms with E-state index >= 15 is 0 Å². The van der Waals surface area contributed by atoms with Gasteiger partial charge in [0.1, 0.15) is 0 Å². The fourth-order valence-corrected chi connectivity index (χ4v) is 2.17. The van der Waals surface area contributed by atoms with Gasteiger partial charge >= 0.3 is 5.97 Å². The summed E-state index contributed by atoms with van der Waals surface area (Å²) in [6.45, 7) is 5.29. The quantitative estimate of drug-likeness (QED) is 0.871. The van der Waals surface area contributed by atoms with Gasteiger partial charge in [-0.25, -0.2) is 0 Å². The third-order valence-electron chi connectivity index (χ3n) is 2.38. The van der Waals surface area contributed by atoms with Gasteiger partial charge in [-0.05, 0) is 29.7 Å². The van der Waals surface area contributed by atoms with Gasteiger partial charge in [0.15, 0.2) is 0 Å². The molecule has 0 unspecified atom stereocenters. The van der Waals surface area contributed by atoms with Crippen LogP contribution in [-0.4, -0.2) is 29.1 Å². The average Bonchev–Trinajstić information content (AvgIpc) is 2.21. The van der Waals surface area contributed by atoms with Gasteiger partial charge in [0.05, 0.1) is 6.54 Å². The normalized spacial score (nSPS) is 11.2. The highest BCUT2D eigenvalue weighted by molar-refractivity contribution is 6.33. The Balaban J connectivity index is 2.81. The maximum atomic E-state index is 10.8. The molecule has 0 aliphatic rings. The van der Waals surface area contributed by atoms with Crippen molar-refractivity contribution < 1.29 is 9.90 Å². The van der Waals surface area contributed by atoms with Gasteiger partial charge in [-0.15, -0.1) is 0 Å². The molecule has 0 radical (unpaired) electrons. The zero-order valence-electron chi connectivity index (χ0n) is 10.5. The smallest absolute Gasteiger partial charge is 0.317 e. The molecule has 0 heterocycles. The fraction of sp³-hybridized carbons (Fsp3) is 0.462. The second-order valence-corrected chi connectivity index (χ2v) is 5.54. The Kier molecular flexibility index (Phi) is 5.93. The minimum atomic E-state index is -0.839. The first-order valence-corrected chi connectivity index (χ1v) is 6.52. The largest absolute Gasteiger partial charge is 0.480 e. The lowest BCUT2D eigenvalue weighted by Crippen LogP contribution is -2.32. The molecule has 100 valence electrons. The standard InChI is InChI=1S/C13H17Cl2NO2/c1-9(2)6-16(8-13(17)18)7-10-5-11(14)3-4-12(10)15/h3-5,9H,6-8H2,1-2H3,(H,17,18). The molecule has 0 bridgehead atoms. The SMILES string of the molecule is CC(C)CN(CC(=O)O)Cc1cc(Cl)ccc1Cl. The van der Waals surface area contributed by atoms with Crippen molar-refractivity contribution >= 4 is 29.2 Å². The molecular weight excluding hydrogens is 273 g/mol. The van der Waals surface area contributed by atoms with E-state index < -0.39 is 5.97 Å². The van der Waals surface area contributed by atoms with Crippen LogP contribution in [0.1, 0.15) is 19.4 Å². The maximum Gasteiger partial charge on any atom is 0.317 e. The monoisotopic (exact) mass is 289 g/mol. The molecule has 0 amide bonds. The molecule has 0 aliphatic carbocycles. The summed E-state index contributed by atoms with van der Waals surface area (Å²) in [6, 6.07) is 5.23. The number of hydrogen-bond acceptors (Lipinski definition) is 2. The summed E-state index contributed by atoms with van der Waals surface area (Å²) in [5.41, 5.74) is 0.853. The fourth-order valence-electron chi connectivity index (χ4n) is 1.80. The molecule has 18 heavy (non-hydrogen) atoms. The lowest BCUT2D eigenvalue weighted by atomic mass is 10.1. The van der Waals surface area contributed by atoms with Gasteiger partial charge in [0, 0.05) is 23.1 Å². The van der Waals surface area contributed by atoms with E-state index in [-0.39, 0.29) is 6.54 Å². The molecule has 0 aromatic heterocycles. The molecule has 5 heteroatoms. The summed E-state index contributed by atoms with van der Waals surface area (Å²) >= 11 is 12.0. The van der Waals surface area contributed by atoms with Crippen LogP contribution in [0.15, 0.2) is 18.2 Å². The van der Waals surface area contributed by atoms with E-state index in [9.17, 15) is 4.79 Å². The third-order valence-corrected chi connectivity index (χ3v) is 2.99. The van der Waals surface area contributed by atoms with Gasteiger partial charge in [-0.3, -0.25) is 9.69 Å². The predicted molar refractivity (Wildman–Crippen MR) is 74.2 cm³/mol. The second kappa shape index (κ2) is 6.98. The Morgan fingerprint density at radius 2 is 2.06 bits per heavy atom. The van der Waals surface area contributed by atoms with Crippen LogP contribution in [0.2, 0.25) is 10.0 Å². The number of aliphatic carboxylic acids is 1. The summed E-state index contributed by atoms with van der Waals surface area (Å²) in [7, 11) is 0. The van der Waals surface area contributed by atoms with Crippen molar-refractivity contribution in [2.45, 2.75) is 20.4 Å². The van der Waals surface area contributed by atoms with E-state index in [1.165, 1.54) is 0 Å². The van der Waals surface area contributed by atoms with Crippen LogP contribution < -0.4 is 0 Å².